The number of aromatic nitrogens is 3. The summed E-state index contributed by atoms with van der Waals surface area (Å²) in [5.74, 6) is -0.0261. The van der Waals surface area contributed by atoms with Crippen LogP contribution >= 0.6 is 11.8 Å². The summed E-state index contributed by atoms with van der Waals surface area (Å²) in [5.41, 5.74) is 1.38. The Hall–Kier alpha value is -2.94. The van der Waals surface area contributed by atoms with Crippen molar-refractivity contribution >= 4 is 35.0 Å². The highest BCUT2D eigenvalue weighted by Gasteiger charge is 2.26. The van der Waals surface area contributed by atoms with Crippen molar-refractivity contribution in [3.05, 3.63) is 60.2 Å². The Morgan fingerprint density at radius 1 is 1.00 bits per heavy atom. The molecule has 0 bridgehead atoms. The van der Waals surface area contributed by atoms with E-state index in [1.807, 2.05) is 9.47 Å². The van der Waals surface area contributed by atoms with E-state index in [9.17, 15) is 13.6 Å². The molecule has 0 saturated heterocycles. The van der Waals surface area contributed by atoms with Crippen LogP contribution in [0.4, 0.5) is 26.1 Å². The number of fused-ring (bicyclic) bond motifs is 1. The average Bonchev–Trinajstić information content (AvgIpc) is 3.25. The molecule has 0 saturated carbocycles. The van der Waals surface area contributed by atoms with Gasteiger partial charge in [-0.2, -0.15) is 0 Å². The molecule has 0 radical (unpaired) electrons. The summed E-state index contributed by atoms with van der Waals surface area (Å²) in [4.78, 5) is 14.0. The minimum absolute atomic E-state index is 0.159. The Bertz CT molecular complexity index is 959. The molecule has 27 heavy (non-hydrogen) atoms. The van der Waals surface area contributed by atoms with Gasteiger partial charge in [-0.15, -0.1) is 10.2 Å². The van der Waals surface area contributed by atoms with Crippen LogP contribution in [-0.2, 0) is 11.3 Å². The molecular weight excluding hydrogens is 372 g/mol. The number of hydrogen-bond acceptors (Lipinski definition) is 5. The number of amides is 1. The summed E-state index contributed by atoms with van der Waals surface area (Å²) in [7, 11) is 0. The number of carbonyl (C=O) groups is 1. The number of halogens is 2. The molecule has 2 heterocycles. The molecule has 0 aliphatic carbocycles. The predicted molar refractivity (Wildman–Crippen MR) is 99.2 cm³/mol. The fourth-order valence-electron chi connectivity index (χ4n) is 2.81. The van der Waals surface area contributed by atoms with Gasteiger partial charge in [0.2, 0.25) is 11.9 Å². The van der Waals surface area contributed by atoms with Crippen LogP contribution in [0.15, 0.2) is 53.7 Å². The highest BCUT2D eigenvalue weighted by molar-refractivity contribution is 7.99. The van der Waals surface area contributed by atoms with Crippen molar-refractivity contribution in [2.45, 2.75) is 11.7 Å². The second kappa shape index (κ2) is 7.36. The second-order valence-corrected chi connectivity index (χ2v) is 6.85. The summed E-state index contributed by atoms with van der Waals surface area (Å²) in [6.07, 6.45) is 0. The number of rotatable bonds is 5. The van der Waals surface area contributed by atoms with E-state index in [0.717, 1.165) is 5.69 Å². The molecule has 3 aromatic rings. The Morgan fingerprint density at radius 3 is 2.37 bits per heavy atom. The van der Waals surface area contributed by atoms with E-state index < -0.39 is 0 Å². The highest BCUT2D eigenvalue weighted by Crippen LogP contribution is 2.32. The summed E-state index contributed by atoms with van der Waals surface area (Å²) in [5, 5.41) is 11.7. The molecule has 2 aromatic carbocycles. The molecule has 1 aliphatic heterocycles. The molecular formula is C18H15F2N5OS. The smallest absolute Gasteiger partial charge is 0.234 e. The van der Waals surface area contributed by atoms with Crippen LogP contribution in [0.3, 0.4) is 0 Å². The SMILES string of the molecule is O=C(CSc1nnc2n1CCN2c1ccc(F)cc1)Nc1ccc(F)cc1. The van der Waals surface area contributed by atoms with E-state index in [-0.39, 0.29) is 23.3 Å². The lowest BCUT2D eigenvalue weighted by Crippen LogP contribution is -2.14. The zero-order valence-corrected chi connectivity index (χ0v) is 14.9. The maximum atomic E-state index is 13.1. The quantitative estimate of drug-likeness (QED) is 0.680. The average molecular weight is 387 g/mol. The molecule has 0 spiro atoms. The lowest BCUT2D eigenvalue weighted by molar-refractivity contribution is -0.113. The van der Waals surface area contributed by atoms with Gasteiger partial charge in [-0.25, -0.2) is 8.78 Å². The lowest BCUT2D eigenvalue weighted by atomic mass is 10.3. The van der Waals surface area contributed by atoms with E-state index in [1.165, 1.54) is 48.2 Å². The molecule has 6 nitrogen and oxygen atoms in total. The monoisotopic (exact) mass is 387 g/mol. The molecule has 1 N–H and O–H groups in total. The predicted octanol–water partition coefficient (Wildman–Crippen LogP) is 3.44. The summed E-state index contributed by atoms with van der Waals surface area (Å²) >= 11 is 1.28. The number of hydrogen-bond donors (Lipinski definition) is 1. The van der Waals surface area contributed by atoms with Crippen LogP contribution in [0.25, 0.3) is 0 Å². The number of carbonyl (C=O) groups excluding carboxylic acids is 1. The molecule has 4 rings (SSSR count). The van der Waals surface area contributed by atoms with Gasteiger partial charge in [0, 0.05) is 24.5 Å². The Kier molecular flexibility index (Phi) is 4.76. The van der Waals surface area contributed by atoms with Gasteiger partial charge in [-0.05, 0) is 48.5 Å². The molecule has 138 valence electrons. The van der Waals surface area contributed by atoms with Gasteiger partial charge in [0.05, 0.1) is 5.75 Å². The zero-order chi connectivity index (χ0) is 18.8. The third-order valence-corrected chi connectivity index (χ3v) is 5.05. The maximum Gasteiger partial charge on any atom is 0.234 e. The van der Waals surface area contributed by atoms with E-state index in [4.69, 9.17) is 0 Å². The van der Waals surface area contributed by atoms with Crippen LogP contribution in [-0.4, -0.2) is 33.0 Å². The first-order valence-electron chi connectivity index (χ1n) is 8.25. The zero-order valence-electron chi connectivity index (χ0n) is 14.1. The lowest BCUT2D eigenvalue weighted by Gasteiger charge is -2.14. The highest BCUT2D eigenvalue weighted by atomic mass is 32.2. The molecule has 1 amide bonds. The molecule has 1 aromatic heterocycles. The largest absolute Gasteiger partial charge is 0.325 e. The van der Waals surface area contributed by atoms with Gasteiger partial charge in [0.1, 0.15) is 11.6 Å². The van der Waals surface area contributed by atoms with E-state index in [1.54, 1.807) is 12.1 Å². The number of nitrogens with one attached hydrogen (secondary N) is 1. The number of thioether (sulfide) groups is 1. The van der Waals surface area contributed by atoms with Crippen LogP contribution in [0.2, 0.25) is 0 Å². The first-order valence-corrected chi connectivity index (χ1v) is 9.23. The van der Waals surface area contributed by atoms with Gasteiger partial charge in [0.25, 0.3) is 0 Å². The van der Waals surface area contributed by atoms with Crippen molar-refractivity contribution < 1.29 is 13.6 Å². The van der Waals surface area contributed by atoms with Gasteiger partial charge in [-0.1, -0.05) is 11.8 Å². The molecule has 1 aliphatic rings. The number of nitrogens with zero attached hydrogens (tertiary/aromatic N) is 4. The number of benzene rings is 2. The molecule has 0 fully saturated rings. The van der Waals surface area contributed by atoms with Crippen molar-refractivity contribution in [3.8, 4) is 0 Å². The van der Waals surface area contributed by atoms with Crippen molar-refractivity contribution in [1.29, 1.82) is 0 Å². The standard InChI is InChI=1S/C18H15F2N5OS/c19-12-1-5-14(6-2-12)21-16(26)11-27-18-23-22-17-24(9-10-25(17)18)15-7-3-13(20)4-8-15/h1-8H,9-11H2,(H,21,26). The second-order valence-electron chi connectivity index (χ2n) is 5.91. The van der Waals surface area contributed by atoms with Gasteiger partial charge in [0.15, 0.2) is 5.16 Å². The first-order chi connectivity index (χ1) is 13.1. The Balaban J connectivity index is 1.40. The van der Waals surface area contributed by atoms with Crippen LogP contribution in [0, 0.1) is 11.6 Å². The summed E-state index contributed by atoms with van der Waals surface area (Å²) in [6, 6.07) is 11.8. The third kappa shape index (κ3) is 3.77. The summed E-state index contributed by atoms with van der Waals surface area (Å²) in [6.45, 7) is 1.38. The van der Waals surface area contributed by atoms with Gasteiger partial charge < -0.3 is 10.2 Å². The Labute approximate surface area is 158 Å². The van der Waals surface area contributed by atoms with Gasteiger partial charge in [-0.3, -0.25) is 9.36 Å². The van der Waals surface area contributed by atoms with E-state index in [2.05, 4.69) is 15.5 Å². The van der Waals surface area contributed by atoms with E-state index >= 15 is 0 Å². The normalized spacial score (nSPS) is 12.9. The third-order valence-electron chi connectivity index (χ3n) is 4.08. The van der Waals surface area contributed by atoms with Gasteiger partial charge >= 0.3 is 0 Å². The molecule has 0 unspecified atom stereocenters. The summed E-state index contributed by atoms with van der Waals surface area (Å²) < 4.78 is 27.9. The molecule has 0 atom stereocenters. The van der Waals surface area contributed by atoms with Crippen molar-refractivity contribution in [1.82, 2.24) is 14.8 Å². The fraction of sp³-hybridized carbons (Fsp3) is 0.167. The first kappa shape index (κ1) is 17.5. The fourth-order valence-corrected chi connectivity index (χ4v) is 3.57. The molecule has 9 heteroatoms. The van der Waals surface area contributed by atoms with Crippen molar-refractivity contribution in [2.24, 2.45) is 0 Å². The minimum atomic E-state index is -0.355. The van der Waals surface area contributed by atoms with E-state index in [0.29, 0.717) is 29.9 Å². The topological polar surface area (TPSA) is 63.1 Å². The van der Waals surface area contributed by atoms with Crippen LogP contribution in [0.1, 0.15) is 0 Å². The Morgan fingerprint density at radius 2 is 1.67 bits per heavy atom. The minimum Gasteiger partial charge on any atom is -0.325 e. The van der Waals surface area contributed by atoms with Crippen molar-refractivity contribution in [3.63, 3.8) is 0 Å². The van der Waals surface area contributed by atoms with Crippen molar-refractivity contribution in [2.75, 3.05) is 22.5 Å². The van der Waals surface area contributed by atoms with Crippen LogP contribution < -0.4 is 10.2 Å². The number of anilines is 3. The van der Waals surface area contributed by atoms with Crippen LogP contribution in [0.5, 0.6) is 0 Å². The maximum absolute atomic E-state index is 13.1.